The van der Waals surface area contributed by atoms with Crippen LogP contribution in [0.2, 0.25) is 0 Å². The van der Waals surface area contributed by atoms with Gasteiger partial charge in [0.15, 0.2) is 5.75 Å². The number of ether oxygens (including phenoxy) is 1. The third kappa shape index (κ3) is 1.68. The monoisotopic (exact) mass is 240 g/mol. The highest BCUT2D eigenvalue weighted by molar-refractivity contribution is 5.92. The van der Waals surface area contributed by atoms with Gasteiger partial charge < -0.3 is 10.5 Å². The zero-order valence-corrected chi connectivity index (χ0v) is 9.67. The number of carbonyl (C=O) groups is 1. The first-order valence-electron chi connectivity index (χ1n) is 5.67. The molecule has 4 heteroatoms. The molecule has 0 saturated heterocycles. The second kappa shape index (κ2) is 4.07. The number of primary amides is 1. The maximum Gasteiger partial charge on any atom is 0.319 e. The van der Waals surface area contributed by atoms with Gasteiger partial charge in [-0.1, -0.05) is 30.3 Å². The van der Waals surface area contributed by atoms with Crippen molar-refractivity contribution in [2.24, 2.45) is 5.73 Å². The van der Waals surface area contributed by atoms with E-state index in [0.29, 0.717) is 18.0 Å². The number of rotatable bonds is 0. The molecule has 4 nitrogen and oxygen atoms in total. The van der Waals surface area contributed by atoms with E-state index in [1.54, 1.807) is 0 Å². The average Bonchev–Trinajstić information content (AvgIpc) is 2.55. The zero-order valence-electron chi connectivity index (χ0n) is 9.67. The smallest absolute Gasteiger partial charge is 0.319 e. The first-order chi connectivity index (χ1) is 8.75. The van der Waals surface area contributed by atoms with E-state index in [1.807, 2.05) is 48.5 Å². The molecule has 0 aromatic heterocycles. The summed E-state index contributed by atoms with van der Waals surface area (Å²) in [5.41, 5.74) is 7.07. The number of fused-ring (bicyclic) bond motifs is 2. The summed E-state index contributed by atoms with van der Waals surface area (Å²) < 4.78 is 5.83. The first kappa shape index (κ1) is 10.7. The van der Waals surface area contributed by atoms with Crippen LogP contribution in [0, 0.1) is 0 Å². The molecule has 2 N–H and O–H groups in total. The van der Waals surface area contributed by atoms with Crippen LogP contribution in [-0.4, -0.2) is 6.03 Å². The summed E-state index contributed by atoms with van der Waals surface area (Å²) in [6.45, 7) is 0.419. The van der Waals surface area contributed by atoms with Crippen LogP contribution in [0.15, 0.2) is 48.5 Å². The Morgan fingerprint density at radius 2 is 1.72 bits per heavy atom. The van der Waals surface area contributed by atoms with Gasteiger partial charge in [0.2, 0.25) is 0 Å². The van der Waals surface area contributed by atoms with Gasteiger partial charge >= 0.3 is 6.03 Å². The van der Waals surface area contributed by atoms with Crippen LogP contribution in [0.5, 0.6) is 11.5 Å². The normalized spacial score (nSPS) is 13.0. The van der Waals surface area contributed by atoms with Crippen LogP contribution in [0.1, 0.15) is 5.56 Å². The number of anilines is 1. The highest BCUT2D eigenvalue weighted by Crippen LogP contribution is 2.38. The van der Waals surface area contributed by atoms with Crippen LogP contribution in [0.25, 0.3) is 0 Å². The molecule has 2 amide bonds. The fraction of sp³-hybridized carbons (Fsp3) is 0.0714. The molecule has 0 saturated carbocycles. The predicted molar refractivity (Wildman–Crippen MR) is 68.7 cm³/mol. The molecule has 0 spiro atoms. The molecule has 1 aliphatic rings. The maximum absolute atomic E-state index is 11.6. The Labute approximate surface area is 105 Å². The van der Waals surface area contributed by atoms with Gasteiger partial charge in [-0.15, -0.1) is 0 Å². The molecular weight excluding hydrogens is 228 g/mol. The number of para-hydroxylation sites is 3. The second-order valence-corrected chi connectivity index (χ2v) is 4.10. The van der Waals surface area contributed by atoms with Gasteiger partial charge in [-0.25, -0.2) is 4.79 Å². The largest absolute Gasteiger partial charge is 0.455 e. The summed E-state index contributed by atoms with van der Waals surface area (Å²) in [7, 11) is 0. The van der Waals surface area contributed by atoms with Gasteiger partial charge in [-0.3, -0.25) is 4.90 Å². The number of nitrogens with zero attached hydrogens (tertiary/aromatic N) is 1. The van der Waals surface area contributed by atoms with Crippen LogP contribution in [0.3, 0.4) is 0 Å². The molecule has 0 atom stereocenters. The van der Waals surface area contributed by atoms with E-state index in [0.717, 1.165) is 11.3 Å². The van der Waals surface area contributed by atoms with Crippen LogP contribution in [0.4, 0.5) is 10.5 Å². The minimum Gasteiger partial charge on any atom is -0.455 e. The quantitative estimate of drug-likeness (QED) is 0.769. The molecule has 0 fully saturated rings. The van der Waals surface area contributed by atoms with Crippen LogP contribution in [-0.2, 0) is 6.54 Å². The molecular formula is C14H12N2O2. The molecule has 3 rings (SSSR count). The van der Waals surface area contributed by atoms with E-state index < -0.39 is 6.03 Å². The van der Waals surface area contributed by atoms with Crippen molar-refractivity contribution >= 4 is 11.7 Å². The van der Waals surface area contributed by atoms with Crippen molar-refractivity contribution in [2.45, 2.75) is 6.54 Å². The van der Waals surface area contributed by atoms with Gasteiger partial charge in [0.05, 0.1) is 12.2 Å². The molecule has 0 bridgehead atoms. The Morgan fingerprint density at radius 3 is 2.50 bits per heavy atom. The van der Waals surface area contributed by atoms with Crippen molar-refractivity contribution in [1.82, 2.24) is 0 Å². The van der Waals surface area contributed by atoms with Crippen LogP contribution >= 0.6 is 0 Å². The number of hydrogen-bond donors (Lipinski definition) is 1. The summed E-state index contributed by atoms with van der Waals surface area (Å²) >= 11 is 0. The topological polar surface area (TPSA) is 55.6 Å². The fourth-order valence-electron chi connectivity index (χ4n) is 2.07. The lowest BCUT2D eigenvalue weighted by Gasteiger charge is -2.19. The summed E-state index contributed by atoms with van der Waals surface area (Å²) in [6, 6.07) is 14.5. The van der Waals surface area contributed by atoms with E-state index in [1.165, 1.54) is 4.90 Å². The molecule has 18 heavy (non-hydrogen) atoms. The van der Waals surface area contributed by atoms with Gasteiger partial charge in [0.1, 0.15) is 5.75 Å². The number of nitrogens with two attached hydrogens (primary N) is 1. The SMILES string of the molecule is NC(=O)N1Cc2ccccc2Oc2ccccc21. The predicted octanol–water partition coefficient (Wildman–Crippen LogP) is 2.88. The van der Waals surface area contributed by atoms with Crippen molar-refractivity contribution in [2.75, 3.05) is 4.90 Å². The summed E-state index contributed by atoms with van der Waals surface area (Å²) in [5.74, 6) is 1.40. The van der Waals surface area contributed by atoms with E-state index in [9.17, 15) is 4.79 Å². The highest BCUT2D eigenvalue weighted by atomic mass is 16.5. The number of hydrogen-bond acceptors (Lipinski definition) is 2. The molecule has 1 aliphatic heterocycles. The summed E-state index contributed by atoms with van der Waals surface area (Å²) in [6.07, 6.45) is 0. The Balaban J connectivity index is 2.17. The van der Waals surface area contributed by atoms with Gasteiger partial charge in [-0.2, -0.15) is 0 Å². The maximum atomic E-state index is 11.6. The number of benzene rings is 2. The van der Waals surface area contributed by atoms with Crippen molar-refractivity contribution in [1.29, 1.82) is 0 Å². The lowest BCUT2D eigenvalue weighted by Crippen LogP contribution is -2.34. The molecule has 0 aliphatic carbocycles. The molecule has 2 aromatic carbocycles. The van der Waals surface area contributed by atoms with Gasteiger partial charge in [0, 0.05) is 5.56 Å². The van der Waals surface area contributed by atoms with Gasteiger partial charge in [0.25, 0.3) is 0 Å². The lowest BCUT2D eigenvalue weighted by atomic mass is 10.2. The average molecular weight is 240 g/mol. The Hall–Kier alpha value is -2.49. The van der Waals surface area contributed by atoms with E-state index in [2.05, 4.69) is 0 Å². The number of amides is 2. The van der Waals surface area contributed by atoms with E-state index in [-0.39, 0.29) is 0 Å². The zero-order chi connectivity index (χ0) is 12.5. The highest BCUT2D eigenvalue weighted by Gasteiger charge is 2.22. The van der Waals surface area contributed by atoms with E-state index >= 15 is 0 Å². The van der Waals surface area contributed by atoms with Crippen molar-refractivity contribution < 1.29 is 9.53 Å². The van der Waals surface area contributed by atoms with Crippen molar-refractivity contribution in [3.63, 3.8) is 0 Å². The lowest BCUT2D eigenvalue weighted by molar-refractivity contribution is 0.253. The second-order valence-electron chi connectivity index (χ2n) is 4.10. The Kier molecular flexibility index (Phi) is 2.41. The standard InChI is InChI=1S/C14H12N2O2/c15-14(17)16-9-10-5-1-3-7-12(10)18-13-8-4-2-6-11(13)16/h1-8H,9H2,(H2,15,17). The number of carbonyl (C=O) groups excluding carboxylic acids is 1. The third-order valence-corrected chi connectivity index (χ3v) is 2.94. The minimum atomic E-state index is -0.484. The van der Waals surface area contributed by atoms with Gasteiger partial charge in [-0.05, 0) is 18.2 Å². The van der Waals surface area contributed by atoms with Crippen LogP contribution < -0.4 is 15.4 Å². The molecule has 1 heterocycles. The Bertz CT molecular complexity index is 610. The molecule has 2 aromatic rings. The van der Waals surface area contributed by atoms with Crippen molar-refractivity contribution in [3.05, 3.63) is 54.1 Å². The van der Waals surface area contributed by atoms with E-state index in [4.69, 9.17) is 10.5 Å². The summed E-state index contributed by atoms with van der Waals surface area (Å²) in [5, 5.41) is 0. The molecule has 90 valence electrons. The third-order valence-electron chi connectivity index (χ3n) is 2.94. The summed E-state index contributed by atoms with van der Waals surface area (Å²) in [4.78, 5) is 13.1. The first-order valence-corrected chi connectivity index (χ1v) is 5.67. The Morgan fingerprint density at radius 1 is 1.06 bits per heavy atom. The molecule has 0 unspecified atom stereocenters. The minimum absolute atomic E-state index is 0.419. The number of urea groups is 1. The van der Waals surface area contributed by atoms with Crippen molar-refractivity contribution in [3.8, 4) is 11.5 Å². The molecule has 0 radical (unpaired) electrons. The fourth-order valence-corrected chi connectivity index (χ4v) is 2.07.